The smallest absolute Gasteiger partial charge is 0.363 e. The molecule has 0 spiro atoms. The van der Waals surface area contributed by atoms with Gasteiger partial charge >= 0.3 is 5.97 Å². The van der Waals surface area contributed by atoms with Crippen molar-refractivity contribution < 1.29 is 19.7 Å². The molecule has 0 amide bonds. The molecule has 2 N–H and O–H groups in total. The van der Waals surface area contributed by atoms with Crippen molar-refractivity contribution in [2.75, 3.05) is 0 Å². The lowest BCUT2D eigenvalue weighted by molar-refractivity contribution is -0.129. The van der Waals surface area contributed by atoms with E-state index in [4.69, 9.17) is 16.3 Å². The zero-order valence-electron chi connectivity index (χ0n) is 13.5. The second kappa shape index (κ2) is 6.16. The number of halogens is 1. The number of fused-ring (bicyclic) bond motifs is 1. The number of thiophene rings is 1. The topological polar surface area (TPSA) is 79.1 Å². The largest absolute Gasteiger partial charge is 0.508 e. The van der Waals surface area contributed by atoms with Crippen LogP contribution in [0.3, 0.4) is 0 Å². The SMILES string of the molecule is Cc1ccc2c(Cl)c(C3=N/C(=C/c4ccc(O)cc4O)C(=O)O3)sc2c1. The fraction of sp³-hybridized carbons (Fsp3) is 0.0526. The number of cyclic esters (lactones) is 1. The molecule has 3 aromatic rings. The number of benzene rings is 2. The van der Waals surface area contributed by atoms with Gasteiger partial charge in [0.15, 0.2) is 5.70 Å². The number of rotatable bonds is 2. The summed E-state index contributed by atoms with van der Waals surface area (Å²) >= 11 is 7.84. The van der Waals surface area contributed by atoms with Crippen molar-refractivity contribution in [3.63, 3.8) is 0 Å². The maximum atomic E-state index is 12.1. The first-order chi connectivity index (χ1) is 12.4. The molecule has 4 rings (SSSR count). The molecule has 2 aromatic carbocycles. The van der Waals surface area contributed by atoms with Gasteiger partial charge in [0.2, 0.25) is 5.90 Å². The fourth-order valence-electron chi connectivity index (χ4n) is 2.62. The van der Waals surface area contributed by atoms with Gasteiger partial charge in [-0.05, 0) is 36.8 Å². The molecule has 0 radical (unpaired) electrons. The summed E-state index contributed by atoms with van der Waals surface area (Å²) in [6.45, 7) is 1.99. The zero-order chi connectivity index (χ0) is 18.4. The second-order valence-electron chi connectivity index (χ2n) is 5.82. The summed E-state index contributed by atoms with van der Waals surface area (Å²) < 4.78 is 6.26. The summed E-state index contributed by atoms with van der Waals surface area (Å²) in [5, 5.41) is 20.6. The van der Waals surface area contributed by atoms with Gasteiger partial charge in [0, 0.05) is 21.7 Å². The minimum absolute atomic E-state index is 0.0469. The van der Waals surface area contributed by atoms with Crippen molar-refractivity contribution in [2.45, 2.75) is 6.92 Å². The predicted molar refractivity (Wildman–Crippen MR) is 102 cm³/mol. The van der Waals surface area contributed by atoms with Gasteiger partial charge in [-0.25, -0.2) is 9.79 Å². The van der Waals surface area contributed by atoms with E-state index in [0.717, 1.165) is 15.6 Å². The highest BCUT2D eigenvalue weighted by molar-refractivity contribution is 7.21. The second-order valence-corrected chi connectivity index (χ2v) is 7.25. The van der Waals surface area contributed by atoms with Crippen LogP contribution in [0.25, 0.3) is 16.2 Å². The number of carbonyl (C=O) groups excluding carboxylic acids is 1. The summed E-state index contributed by atoms with van der Waals surface area (Å²) in [4.78, 5) is 17.0. The van der Waals surface area contributed by atoms with Crippen LogP contribution in [0.4, 0.5) is 0 Å². The molecule has 0 atom stereocenters. The molecule has 0 saturated carbocycles. The molecule has 0 saturated heterocycles. The van der Waals surface area contributed by atoms with Crippen molar-refractivity contribution >= 4 is 51.0 Å². The third-order valence-corrected chi connectivity index (χ3v) is 5.55. The highest BCUT2D eigenvalue weighted by Gasteiger charge is 2.28. The van der Waals surface area contributed by atoms with E-state index in [1.807, 2.05) is 25.1 Å². The first-order valence-electron chi connectivity index (χ1n) is 7.66. The van der Waals surface area contributed by atoms with E-state index in [1.54, 1.807) is 0 Å². The van der Waals surface area contributed by atoms with E-state index < -0.39 is 5.97 Å². The summed E-state index contributed by atoms with van der Waals surface area (Å²) in [5.41, 5.74) is 1.50. The van der Waals surface area contributed by atoms with Gasteiger partial charge in [-0.15, -0.1) is 11.3 Å². The summed E-state index contributed by atoms with van der Waals surface area (Å²) in [6, 6.07) is 9.97. The maximum Gasteiger partial charge on any atom is 0.363 e. The van der Waals surface area contributed by atoms with Crippen LogP contribution in [0.2, 0.25) is 5.02 Å². The number of esters is 1. The van der Waals surface area contributed by atoms with Crippen LogP contribution < -0.4 is 0 Å². The average molecular weight is 386 g/mol. The molecule has 0 bridgehead atoms. The molecule has 2 heterocycles. The monoisotopic (exact) mass is 385 g/mol. The summed E-state index contributed by atoms with van der Waals surface area (Å²) in [6.07, 6.45) is 1.40. The standard InChI is InChI=1S/C19H12ClNO4S/c1-9-2-5-12-15(6-9)26-17(16(12)20)18-21-13(19(24)25-18)7-10-3-4-11(22)8-14(10)23/h2-8,22-23H,1H3/b13-7+. The van der Waals surface area contributed by atoms with Crippen molar-refractivity contribution in [3.8, 4) is 11.5 Å². The van der Waals surface area contributed by atoms with Gasteiger partial charge in [-0.1, -0.05) is 23.7 Å². The number of aryl methyl sites for hydroxylation is 1. The molecule has 5 nitrogen and oxygen atoms in total. The number of phenolic OH excluding ortho intramolecular Hbond substituents is 2. The van der Waals surface area contributed by atoms with Crippen molar-refractivity contribution in [1.29, 1.82) is 0 Å². The van der Waals surface area contributed by atoms with Gasteiger partial charge in [0.1, 0.15) is 16.4 Å². The Morgan fingerprint density at radius 1 is 1.19 bits per heavy atom. The number of phenols is 2. The Morgan fingerprint density at radius 3 is 2.77 bits per heavy atom. The third-order valence-electron chi connectivity index (χ3n) is 3.91. The number of hydrogen-bond acceptors (Lipinski definition) is 6. The van der Waals surface area contributed by atoms with Crippen LogP contribution in [0.5, 0.6) is 11.5 Å². The predicted octanol–water partition coefficient (Wildman–Crippen LogP) is 4.62. The lowest BCUT2D eigenvalue weighted by Gasteiger charge is -1.99. The minimum Gasteiger partial charge on any atom is -0.508 e. The van der Waals surface area contributed by atoms with E-state index >= 15 is 0 Å². The minimum atomic E-state index is -0.628. The molecule has 0 unspecified atom stereocenters. The lowest BCUT2D eigenvalue weighted by atomic mass is 10.1. The third kappa shape index (κ3) is 2.83. The van der Waals surface area contributed by atoms with Gasteiger partial charge in [0.25, 0.3) is 0 Å². The van der Waals surface area contributed by atoms with Crippen LogP contribution in [0.15, 0.2) is 47.1 Å². The molecule has 130 valence electrons. The van der Waals surface area contributed by atoms with E-state index in [0.29, 0.717) is 15.5 Å². The van der Waals surface area contributed by atoms with Gasteiger partial charge in [-0.3, -0.25) is 0 Å². The van der Waals surface area contributed by atoms with Crippen LogP contribution in [0.1, 0.15) is 16.0 Å². The maximum absolute atomic E-state index is 12.1. The Labute approximate surface area is 157 Å². The molecular weight excluding hydrogens is 374 g/mol. The van der Waals surface area contributed by atoms with E-state index in [1.165, 1.54) is 35.6 Å². The Bertz CT molecular complexity index is 1130. The number of hydrogen-bond donors (Lipinski definition) is 2. The van der Waals surface area contributed by atoms with E-state index in [-0.39, 0.29) is 23.1 Å². The number of carbonyl (C=O) groups is 1. The number of nitrogens with zero attached hydrogens (tertiary/aromatic N) is 1. The van der Waals surface area contributed by atoms with Gasteiger partial charge in [0.05, 0.1) is 5.02 Å². The lowest BCUT2D eigenvalue weighted by Crippen LogP contribution is -2.04. The Kier molecular flexibility index (Phi) is 3.94. The molecule has 0 fully saturated rings. The molecule has 0 aliphatic carbocycles. The summed E-state index contributed by atoms with van der Waals surface area (Å²) in [5.74, 6) is -0.722. The molecule has 1 aromatic heterocycles. The molecule has 1 aliphatic heterocycles. The van der Waals surface area contributed by atoms with Crippen LogP contribution >= 0.6 is 22.9 Å². The number of aliphatic imine (C=N–C) groups is 1. The van der Waals surface area contributed by atoms with Crippen LogP contribution in [-0.4, -0.2) is 22.1 Å². The van der Waals surface area contributed by atoms with Crippen molar-refractivity contribution in [1.82, 2.24) is 0 Å². The van der Waals surface area contributed by atoms with Gasteiger partial charge < -0.3 is 14.9 Å². The van der Waals surface area contributed by atoms with Crippen molar-refractivity contribution in [2.24, 2.45) is 4.99 Å². The number of ether oxygens (including phenoxy) is 1. The quantitative estimate of drug-likeness (QED) is 0.498. The highest BCUT2D eigenvalue weighted by Crippen LogP contribution is 2.38. The Hall–Kier alpha value is -2.83. The zero-order valence-corrected chi connectivity index (χ0v) is 15.1. The average Bonchev–Trinajstić information content (AvgIpc) is 3.10. The van der Waals surface area contributed by atoms with Crippen molar-refractivity contribution in [3.05, 3.63) is 63.1 Å². The number of aromatic hydroxyl groups is 2. The van der Waals surface area contributed by atoms with Crippen LogP contribution in [0, 0.1) is 6.92 Å². The van der Waals surface area contributed by atoms with Crippen LogP contribution in [-0.2, 0) is 9.53 Å². The highest BCUT2D eigenvalue weighted by atomic mass is 35.5. The first kappa shape index (κ1) is 16.6. The molecule has 7 heteroatoms. The fourth-order valence-corrected chi connectivity index (χ4v) is 4.15. The normalized spacial score (nSPS) is 15.5. The summed E-state index contributed by atoms with van der Waals surface area (Å²) in [7, 11) is 0. The molecule has 1 aliphatic rings. The first-order valence-corrected chi connectivity index (χ1v) is 8.85. The molecule has 26 heavy (non-hydrogen) atoms. The van der Waals surface area contributed by atoms with E-state index in [9.17, 15) is 15.0 Å². The Balaban J connectivity index is 1.77. The van der Waals surface area contributed by atoms with Gasteiger partial charge in [-0.2, -0.15) is 0 Å². The molecular formula is C19H12ClNO4S. The Morgan fingerprint density at radius 2 is 2.00 bits per heavy atom. The van der Waals surface area contributed by atoms with E-state index in [2.05, 4.69) is 4.99 Å².